The summed E-state index contributed by atoms with van der Waals surface area (Å²) in [5, 5.41) is 14.9. The lowest BCUT2D eigenvalue weighted by molar-refractivity contribution is -0.0763. The third kappa shape index (κ3) is 7.15. The normalized spacial score (nSPS) is 14.0. The van der Waals surface area contributed by atoms with Gasteiger partial charge in [-0.25, -0.2) is 19.0 Å². The van der Waals surface area contributed by atoms with Crippen LogP contribution in [0.3, 0.4) is 0 Å². The van der Waals surface area contributed by atoms with Crippen LogP contribution in [0.15, 0.2) is 70.1 Å². The predicted molar refractivity (Wildman–Crippen MR) is 132 cm³/mol. The Labute approximate surface area is 220 Å². The highest BCUT2D eigenvalue weighted by molar-refractivity contribution is 5.54. The van der Waals surface area contributed by atoms with Crippen LogP contribution in [0, 0.1) is 33.9 Å². The molecule has 0 radical (unpaired) electrons. The van der Waals surface area contributed by atoms with E-state index in [4.69, 9.17) is 21.7 Å². The van der Waals surface area contributed by atoms with Gasteiger partial charge in [-0.05, 0) is 43.3 Å². The van der Waals surface area contributed by atoms with Crippen LogP contribution in [0.1, 0.15) is 30.7 Å². The standard InChI is InChI=1S/C25H22F5N7O2/c1-16(26)10-21(27)17(2)24(36-38,14-37(33)15-35-32)25(29,30)23-8-5-18(13-34-23)4-3-9-39-20-7-6-19(12-31)22(28)11-20/h5-8,10-11,13,15H,9,14,32-33H2,1-2H3/b16-10+,21-17-,35-15-. The molecule has 0 amide bonds. The zero-order valence-corrected chi connectivity index (χ0v) is 20.6. The number of halogens is 5. The molecule has 0 aliphatic carbocycles. The lowest BCUT2D eigenvalue weighted by atomic mass is 9.81. The lowest BCUT2D eigenvalue weighted by Crippen LogP contribution is -2.55. The minimum Gasteiger partial charge on any atom is -0.481 e. The molecule has 1 heterocycles. The van der Waals surface area contributed by atoms with Gasteiger partial charge in [0.15, 0.2) is 0 Å². The molecule has 0 saturated heterocycles. The van der Waals surface area contributed by atoms with Gasteiger partial charge in [0.25, 0.3) is 0 Å². The van der Waals surface area contributed by atoms with Crippen LogP contribution in [-0.2, 0) is 5.92 Å². The second kappa shape index (κ2) is 13.1. The van der Waals surface area contributed by atoms with E-state index in [1.807, 2.05) is 0 Å². The molecule has 0 spiro atoms. The van der Waals surface area contributed by atoms with E-state index in [1.54, 1.807) is 6.07 Å². The third-order valence-electron chi connectivity index (χ3n) is 5.30. The summed E-state index contributed by atoms with van der Waals surface area (Å²) in [6.07, 6.45) is 2.00. The molecule has 1 unspecified atom stereocenters. The van der Waals surface area contributed by atoms with E-state index in [2.05, 4.69) is 27.1 Å². The predicted octanol–water partition coefficient (Wildman–Crippen LogP) is 4.31. The van der Waals surface area contributed by atoms with Crippen molar-refractivity contribution in [3.8, 4) is 23.7 Å². The molecule has 0 fully saturated rings. The maximum absolute atomic E-state index is 15.8. The second-order valence-electron chi connectivity index (χ2n) is 7.94. The molecule has 1 aromatic heterocycles. The molecule has 0 aliphatic rings. The van der Waals surface area contributed by atoms with E-state index >= 15 is 8.78 Å². The number of hydrogen-bond donors (Lipinski definition) is 2. The Kier molecular flexibility index (Phi) is 10.2. The van der Waals surface area contributed by atoms with Crippen LogP contribution < -0.4 is 16.4 Å². The van der Waals surface area contributed by atoms with Gasteiger partial charge in [0, 0.05) is 29.5 Å². The van der Waals surface area contributed by atoms with Crippen LogP contribution in [0.2, 0.25) is 0 Å². The van der Waals surface area contributed by atoms with Crippen molar-refractivity contribution in [2.24, 2.45) is 22.0 Å². The smallest absolute Gasteiger partial charge is 0.323 e. The van der Waals surface area contributed by atoms with Crippen molar-refractivity contribution in [1.82, 2.24) is 9.99 Å². The molecule has 39 heavy (non-hydrogen) atoms. The van der Waals surface area contributed by atoms with Gasteiger partial charge in [-0.3, -0.25) is 9.99 Å². The Hall–Kier alpha value is -4.82. The van der Waals surface area contributed by atoms with Crippen molar-refractivity contribution in [2.75, 3.05) is 13.2 Å². The minimum atomic E-state index is -4.26. The molecule has 0 bridgehead atoms. The summed E-state index contributed by atoms with van der Waals surface area (Å²) in [6.45, 7) is 0.420. The number of hydrazone groups is 1. The average Bonchev–Trinajstić information content (AvgIpc) is 2.89. The maximum Gasteiger partial charge on any atom is 0.323 e. The van der Waals surface area contributed by atoms with Crippen LogP contribution in [-0.4, -0.2) is 35.0 Å². The first-order valence-corrected chi connectivity index (χ1v) is 10.9. The van der Waals surface area contributed by atoms with Crippen molar-refractivity contribution in [1.29, 1.82) is 5.26 Å². The topological polar surface area (TPSA) is 143 Å². The largest absolute Gasteiger partial charge is 0.481 e. The quantitative estimate of drug-likeness (QED) is 0.0659. The Morgan fingerprint density at radius 3 is 2.51 bits per heavy atom. The monoisotopic (exact) mass is 547 g/mol. The van der Waals surface area contributed by atoms with E-state index in [9.17, 15) is 18.1 Å². The van der Waals surface area contributed by atoms with E-state index in [0.717, 1.165) is 38.2 Å². The molecule has 204 valence electrons. The minimum absolute atomic E-state index is 0.119. The number of rotatable bonds is 10. The van der Waals surface area contributed by atoms with Crippen LogP contribution >= 0.6 is 0 Å². The summed E-state index contributed by atoms with van der Waals surface area (Å²) in [5.74, 6) is 8.32. The molecule has 1 atom stereocenters. The molecule has 14 heteroatoms. The fourth-order valence-corrected chi connectivity index (χ4v) is 3.28. The summed E-state index contributed by atoms with van der Waals surface area (Å²) in [7, 11) is 0. The number of hydrogen-bond acceptors (Lipinski definition) is 8. The summed E-state index contributed by atoms with van der Waals surface area (Å²) in [5.41, 5.74) is -5.08. The molecule has 9 nitrogen and oxygen atoms in total. The van der Waals surface area contributed by atoms with Gasteiger partial charge < -0.3 is 10.6 Å². The van der Waals surface area contributed by atoms with Gasteiger partial charge in [0.1, 0.15) is 42.1 Å². The summed E-state index contributed by atoms with van der Waals surface area (Å²) in [6, 6.07) is 7.30. The number of nitrogens with two attached hydrogens (primary N) is 2. The zero-order chi connectivity index (χ0) is 29.2. The van der Waals surface area contributed by atoms with Crippen LogP contribution in [0.5, 0.6) is 5.75 Å². The molecule has 2 rings (SSSR count). The third-order valence-corrected chi connectivity index (χ3v) is 5.30. The highest BCUT2D eigenvalue weighted by Gasteiger charge is 2.60. The highest BCUT2D eigenvalue weighted by atomic mass is 19.3. The maximum atomic E-state index is 15.8. The molecule has 1 aromatic carbocycles. The summed E-state index contributed by atoms with van der Waals surface area (Å²) >= 11 is 0. The number of hydrazine groups is 1. The van der Waals surface area contributed by atoms with E-state index in [0.29, 0.717) is 17.4 Å². The summed E-state index contributed by atoms with van der Waals surface area (Å²) < 4.78 is 78.4. The van der Waals surface area contributed by atoms with Gasteiger partial charge in [-0.2, -0.15) is 19.1 Å². The van der Waals surface area contributed by atoms with Crippen LogP contribution in [0.25, 0.3) is 0 Å². The van der Waals surface area contributed by atoms with E-state index in [1.165, 1.54) is 12.1 Å². The molecule has 0 saturated carbocycles. The molecule has 2 aromatic rings. The Balaban J connectivity index is 2.37. The van der Waals surface area contributed by atoms with Gasteiger partial charge in [0.05, 0.1) is 17.9 Å². The van der Waals surface area contributed by atoms with Crippen molar-refractivity contribution in [2.45, 2.75) is 25.3 Å². The van der Waals surface area contributed by atoms with Gasteiger partial charge in [-0.15, -0.1) is 4.91 Å². The van der Waals surface area contributed by atoms with Gasteiger partial charge >= 0.3 is 5.92 Å². The fraction of sp³-hybridized carbons (Fsp3) is 0.240. The van der Waals surface area contributed by atoms with E-state index in [-0.39, 0.29) is 23.5 Å². The van der Waals surface area contributed by atoms with Gasteiger partial charge in [0.2, 0.25) is 5.54 Å². The van der Waals surface area contributed by atoms with Crippen molar-refractivity contribution in [3.63, 3.8) is 0 Å². The van der Waals surface area contributed by atoms with Crippen molar-refractivity contribution >= 4 is 6.34 Å². The Bertz CT molecular complexity index is 1390. The Morgan fingerprint density at radius 2 is 1.97 bits per heavy atom. The average molecular weight is 547 g/mol. The first-order valence-electron chi connectivity index (χ1n) is 10.9. The molecular weight excluding hydrogens is 525 g/mol. The number of nitrogens with zero attached hydrogens (tertiary/aromatic N) is 5. The van der Waals surface area contributed by atoms with Crippen molar-refractivity contribution in [3.05, 3.63) is 87.4 Å². The van der Waals surface area contributed by atoms with Crippen LogP contribution in [0.4, 0.5) is 22.0 Å². The lowest BCUT2D eigenvalue weighted by Gasteiger charge is -2.36. The number of benzene rings is 1. The number of nitriles is 1. The molecule has 0 aliphatic heterocycles. The zero-order valence-electron chi connectivity index (χ0n) is 20.6. The van der Waals surface area contributed by atoms with E-state index < -0.39 is 46.7 Å². The second-order valence-corrected chi connectivity index (χ2v) is 7.94. The van der Waals surface area contributed by atoms with Gasteiger partial charge in [-0.1, -0.05) is 11.8 Å². The first-order chi connectivity index (χ1) is 18.4. The number of nitroso groups, excluding NO2 is 1. The number of ether oxygens (including phenoxy) is 1. The van der Waals surface area contributed by atoms with Crippen molar-refractivity contribution < 1.29 is 26.7 Å². The first kappa shape index (κ1) is 30.4. The Morgan fingerprint density at radius 1 is 1.26 bits per heavy atom. The fourth-order valence-electron chi connectivity index (χ4n) is 3.28. The number of aromatic nitrogens is 1. The highest BCUT2D eigenvalue weighted by Crippen LogP contribution is 2.46. The number of pyridine rings is 1. The number of alkyl halides is 2. The SMILES string of the molecule is C/C(=C(F)\C=C(/C)F)C(CN(N)/C=N\N)(N=O)C(F)(F)c1ccc(C#CCOc2ccc(C#N)c(F)c2)cn1. The summed E-state index contributed by atoms with van der Waals surface area (Å²) in [4.78, 5) is 15.6. The number of allylic oxidation sites excluding steroid dienone is 3. The molecular formula is C25H22F5N7O2. The molecule has 4 N–H and O–H groups in total.